The molecule has 0 aromatic carbocycles. The molecule has 2 heterocycles. The third-order valence-electron chi connectivity index (χ3n) is 1.58. The highest BCUT2D eigenvalue weighted by molar-refractivity contribution is 5.92. The Morgan fingerprint density at radius 3 is 3.30 bits per heavy atom. The molecule has 0 saturated heterocycles. The Morgan fingerprint density at radius 2 is 2.40 bits per heavy atom. The van der Waals surface area contributed by atoms with Gasteiger partial charge in [0.2, 0.25) is 5.91 Å². The van der Waals surface area contributed by atoms with E-state index in [-0.39, 0.29) is 5.91 Å². The molecule has 0 aliphatic carbocycles. The van der Waals surface area contributed by atoms with Gasteiger partial charge < -0.3 is 10.3 Å². The van der Waals surface area contributed by atoms with Gasteiger partial charge in [0.25, 0.3) is 0 Å². The number of aromatic amines is 1. The summed E-state index contributed by atoms with van der Waals surface area (Å²) in [6, 6.07) is 0. The number of hydrogen-bond donors (Lipinski definition) is 2. The van der Waals surface area contributed by atoms with Crippen LogP contribution < -0.4 is 5.32 Å². The second-order valence-corrected chi connectivity index (χ2v) is 2.28. The first-order valence-corrected chi connectivity index (χ1v) is 3.18. The maximum atomic E-state index is 10.8. The summed E-state index contributed by atoms with van der Waals surface area (Å²) in [4.78, 5) is 17.6. The van der Waals surface area contributed by atoms with E-state index in [2.05, 4.69) is 15.3 Å². The SMILES string of the molecule is O=C1CCc2[nH]cnc2N1. The highest BCUT2D eigenvalue weighted by Gasteiger charge is 2.15. The monoisotopic (exact) mass is 137 g/mol. The van der Waals surface area contributed by atoms with Gasteiger partial charge in [-0.05, 0) is 6.42 Å². The number of amides is 1. The standard InChI is InChI=1S/C6H7N3O/c10-5-2-1-4-6(9-5)8-3-7-4/h3H,1-2H2,(H,7,8)(H,9,10). The largest absolute Gasteiger partial charge is 0.347 e. The summed E-state index contributed by atoms with van der Waals surface area (Å²) in [5.74, 6) is 0.746. The molecule has 0 spiro atoms. The lowest BCUT2D eigenvalue weighted by molar-refractivity contribution is -0.116. The number of imidazole rings is 1. The Morgan fingerprint density at radius 1 is 1.50 bits per heavy atom. The molecule has 1 aliphatic heterocycles. The van der Waals surface area contributed by atoms with E-state index in [1.807, 2.05) is 0 Å². The van der Waals surface area contributed by atoms with Crippen LogP contribution in [0.3, 0.4) is 0 Å². The number of H-pyrrole nitrogens is 1. The number of hydrogen-bond acceptors (Lipinski definition) is 2. The Bertz CT molecular complexity index is 266. The number of rotatable bonds is 0. The highest BCUT2D eigenvalue weighted by atomic mass is 16.1. The molecule has 4 heteroatoms. The van der Waals surface area contributed by atoms with Gasteiger partial charge in [0.05, 0.1) is 12.0 Å². The summed E-state index contributed by atoms with van der Waals surface area (Å²) in [6.07, 6.45) is 2.94. The molecule has 1 amide bonds. The molecular weight excluding hydrogens is 130 g/mol. The Balaban J connectivity index is 2.39. The molecule has 1 aromatic heterocycles. The summed E-state index contributed by atoms with van der Waals surface area (Å²) in [5, 5.41) is 2.66. The lowest BCUT2D eigenvalue weighted by Gasteiger charge is -2.09. The molecule has 0 radical (unpaired) electrons. The normalized spacial score (nSPS) is 16.2. The predicted molar refractivity (Wildman–Crippen MR) is 35.5 cm³/mol. The van der Waals surface area contributed by atoms with Crippen molar-refractivity contribution in [3.63, 3.8) is 0 Å². The molecule has 52 valence electrons. The molecule has 0 unspecified atom stereocenters. The minimum atomic E-state index is 0.0552. The minimum absolute atomic E-state index is 0.0552. The highest BCUT2D eigenvalue weighted by Crippen LogP contribution is 2.16. The van der Waals surface area contributed by atoms with Crippen LogP contribution in [0.4, 0.5) is 5.82 Å². The number of aryl methyl sites for hydroxylation is 1. The van der Waals surface area contributed by atoms with E-state index in [1.165, 1.54) is 0 Å². The van der Waals surface area contributed by atoms with Crippen LogP contribution in [-0.4, -0.2) is 15.9 Å². The number of carbonyl (C=O) groups is 1. The van der Waals surface area contributed by atoms with Crippen LogP contribution >= 0.6 is 0 Å². The molecule has 2 rings (SSSR count). The minimum Gasteiger partial charge on any atom is -0.347 e. The average Bonchev–Trinajstić information content (AvgIpc) is 2.33. The number of carbonyl (C=O) groups excluding carboxylic acids is 1. The van der Waals surface area contributed by atoms with Gasteiger partial charge in [0.15, 0.2) is 5.82 Å². The fourth-order valence-electron chi connectivity index (χ4n) is 1.05. The van der Waals surface area contributed by atoms with E-state index in [0.29, 0.717) is 12.2 Å². The van der Waals surface area contributed by atoms with Crippen LogP contribution in [-0.2, 0) is 11.2 Å². The fraction of sp³-hybridized carbons (Fsp3) is 0.333. The zero-order valence-electron chi connectivity index (χ0n) is 5.35. The average molecular weight is 137 g/mol. The van der Waals surface area contributed by atoms with Crippen LogP contribution in [0.25, 0.3) is 0 Å². The molecule has 0 fully saturated rings. The zero-order chi connectivity index (χ0) is 6.97. The van der Waals surface area contributed by atoms with Gasteiger partial charge in [-0.1, -0.05) is 0 Å². The number of anilines is 1. The van der Waals surface area contributed by atoms with E-state index < -0.39 is 0 Å². The van der Waals surface area contributed by atoms with E-state index in [4.69, 9.17) is 0 Å². The molecule has 10 heavy (non-hydrogen) atoms. The van der Waals surface area contributed by atoms with E-state index in [0.717, 1.165) is 12.1 Å². The molecule has 0 atom stereocenters. The fourth-order valence-corrected chi connectivity index (χ4v) is 1.05. The van der Waals surface area contributed by atoms with E-state index in [1.54, 1.807) is 6.33 Å². The van der Waals surface area contributed by atoms with Gasteiger partial charge in [0, 0.05) is 6.42 Å². The van der Waals surface area contributed by atoms with Gasteiger partial charge in [0.1, 0.15) is 0 Å². The van der Waals surface area contributed by atoms with Gasteiger partial charge in [-0.2, -0.15) is 0 Å². The number of nitrogens with zero attached hydrogens (tertiary/aromatic N) is 1. The van der Waals surface area contributed by atoms with Crippen LogP contribution in [0.1, 0.15) is 12.1 Å². The summed E-state index contributed by atoms with van der Waals surface area (Å²) < 4.78 is 0. The van der Waals surface area contributed by atoms with Crippen LogP contribution in [0.5, 0.6) is 0 Å². The van der Waals surface area contributed by atoms with Crippen molar-refractivity contribution in [3.05, 3.63) is 12.0 Å². The Labute approximate surface area is 57.7 Å². The van der Waals surface area contributed by atoms with Crippen molar-refractivity contribution in [2.75, 3.05) is 5.32 Å². The van der Waals surface area contributed by atoms with Crippen LogP contribution in [0.2, 0.25) is 0 Å². The lowest BCUT2D eigenvalue weighted by atomic mass is 10.2. The topological polar surface area (TPSA) is 57.8 Å². The van der Waals surface area contributed by atoms with Gasteiger partial charge >= 0.3 is 0 Å². The molecular formula is C6H7N3O. The number of nitrogens with one attached hydrogen (secondary N) is 2. The lowest BCUT2D eigenvalue weighted by Crippen LogP contribution is -2.18. The summed E-state index contributed by atoms with van der Waals surface area (Å²) in [6.45, 7) is 0. The molecule has 4 nitrogen and oxygen atoms in total. The molecule has 0 bridgehead atoms. The molecule has 1 aromatic rings. The van der Waals surface area contributed by atoms with Crippen molar-refractivity contribution in [2.45, 2.75) is 12.8 Å². The first kappa shape index (κ1) is 5.46. The van der Waals surface area contributed by atoms with E-state index in [9.17, 15) is 4.79 Å². The zero-order valence-corrected chi connectivity index (χ0v) is 5.35. The Hall–Kier alpha value is -1.32. The molecule has 1 aliphatic rings. The van der Waals surface area contributed by atoms with E-state index >= 15 is 0 Å². The number of fused-ring (bicyclic) bond motifs is 1. The number of aromatic nitrogens is 2. The van der Waals surface area contributed by atoms with Crippen molar-refractivity contribution < 1.29 is 4.79 Å². The maximum absolute atomic E-state index is 10.8. The van der Waals surface area contributed by atoms with Gasteiger partial charge in [-0.3, -0.25) is 4.79 Å². The van der Waals surface area contributed by atoms with Crippen molar-refractivity contribution in [1.82, 2.24) is 9.97 Å². The second-order valence-electron chi connectivity index (χ2n) is 2.28. The van der Waals surface area contributed by atoms with Crippen molar-refractivity contribution in [1.29, 1.82) is 0 Å². The first-order chi connectivity index (χ1) is 4.86. The smallest absolute Gasteiger partial charge is 0.225 e. The summed E-state index contributed by atoms with van der Waals surface area (Å²) in [5.41, 5.74) is 1.03. The first-order valence-electron chi connectivity index (χ1n) is 3.18. The third kappa shape index (κ3) is 0.689. The quantitative estimate of drug-likeness (QED) is 0.540. The van der Waals surface area contributed by atoms with Crippen LogP contribution in [0, 0.1) is 0 Å². The van der Waals surface area contributed by atoms with Gasteiger partial charge in [-0.15, -0.1) is 0 Å². The van der Waals surface area contributed by atoms with Crippen molar-refractivity contribution in [3.8, 4) is 0 Å². The third-order valence-corrected chi connectivity index (χ3v) is 1.58. The van der Waals surface area contributed by atoms with Gasteiger partial charge in [-0.25, -0.2) is 4.98 Å². The Kier molecular flexibility index (Phi) is 1.00. The van der Waals surface area contributed by atoms with Crippen molar-refractivity contribution >= 4 is 11.7 Å². The van der Waals surface area contributed by atoms with Crippen LogP contribution in [0.15, 0.2) is 6.33 Å². The van der Waals surface area contributed by atoms with Crippen molar-refractivity contribution in [2.24, 2.45) is 0 Å². The molecule has 2 N–H and O–H groups in total. The maximum Gasteiger partial charge on any atom is 0.225 e. The summed E-state index contributed by atoms with van der Waals surface area (Å²) in [7, 11) is 0. The molecule has 0 saturated carbocycles. The predicted octanol–water partition coefficient (Wildman–Crippen LogP) is 0.294. The summed E-state index contributed by atoms with van der Waals surface area (Å²) >= 11 is 0. The second kappa shape index (κ2) is 1.83.